The van der Waals surface area contributed by atoms with E-state index in [1.54, 1.807) is 19.9 Å². The minimum atomic E-state index is -0.885. The largest absolute Gasteiger partial charge is 0.481 e. The molecule has 2 N–H and O–H groups in total. The van der Waals surface area contributed by atoms with Gasteiger partial charge in [-0.1, -0.05) is 43.6 Å². The minimum Gasteiger partial charge on any atom is -0.481 e. The summed E-state index contributed by atoms with van der Waals surface area (Å²) in [5.41, 5.74) is -0.0935. The predicted molar refractivity (Wildman–Crippen MR) is 88.1 cm³/mol. The highest BCUT2D eigenvalue weighted by Gasteiger charge is 2.32. The van der Waals surface area contributed by atoms with Gasteiger partial charge in [0, 0.05) is 11.6 Å². The molecule has 1 atom stereocenters. The van der Waals surface area contributed by atoms with E-state index in [4.69, 9.17) is 11.6 Å². The Morgan fingerprint density at radius 1 is 1.27 bits per heavy atom. The number of carboxylic acids is 1. The Bertz CT molecular complexity index is 540. The maximum Gasteiger partial charge on any atom is 0.308 e. The van der Waals surface area contributed by atoms with Crippen molar-refractivity contribution in [2.75, 3.05) is 6.54 Å². The molecule has 0 aliphatic rings. The van der Waals surface area contributed by atoms with E-state index in [9.17, 15) is 14.7 Å². The number of amides is 1. The molecule has 0 fully saturated rings. The molecule has 0 aliphatic heterocycles. The normalized spacial score (nSPS) is 13.0. The lowest BCUT2D eigenvalue weighted by molar-refractivity contribution is -0.142. The number of nitrogens with one attached hydrogen (secondary N) is 1. The maximum atomic E-state index is 12.5. The quantitative estimate of drug-likeness (QED) is 0.806. The maximum absolute atomic E-state index is 12.5. The average molecular weight is 326 g/mol. The van der Waals surface area contributed by atoms with Gasteiger partial charge in [-0.25, -0.2) is 0 Å². The number of benzene rings is 1. The van der Waals surface area contributed by atoms with Crippen LogP contribution in [0.15, 0.2) is 24.3 Å². The zero-order valence-electron chi connectivity index (χ0n) is 13.5. The molecule has 0 saturated heterocycles. The van der Waals surface area contributed by atoms with Crippen LogP contribution in [-0.4, -0.2) is 23.5 Å². The number of aliphatic carboxylic acids is 1. The number of carbonyl (C=O) groups excluding carboxylic acids is 1. The molecule has 22 heavy (non-hydrogen) atoms. The second-order valence-electron chi connectivity index (χ2n) is 6.48. The topological polar surface area (TPSA) is 66.4 Å². The van der Waals surface area contributed by atoms with Gasteiger partial charge in [-0.05, 0) is 37.8 Å². The van der Waals surface area contributed by atoms with Crippen molar-refractivity contribution in [2.24, 2.45) is 11.8 Å². The summed E-state index contributed by atoms with van der Waals surface area (Å²) in [5.74, 6) is -1.43. The molecule has 0 radical (unpaired) electrons. The summed E-state index contributed by atoms with van der Waals surface area (Å²) in [6.45, 7) is 7.61. The van der Waals surface area contributed by atoms with Crippen LogP contribution in [0.2, 0.25) is 5.02 Å². The Balaban J connectivity index is 2.79. The van der Waals surface area contributed by atoms with Crippen molar-refractivity contribution < 1.29 is 14.7 Å². The van der Waals surface area contributed by atoms with Gasteiger partial charge < -0.3 is 10.4 Å². The summed E-state index contributed by atoms with van der Waals surface area (Å²) in [4.78, 5) is 23.7. The van der Waals surface area contributed by atoms with Crippen molar-refractivity contribution in [2.45, 2.75) is 39.5 Å². The van der Waals surface area contributed by atoms with Gasteiger partial charge in [-0.3, -0.25) is 9.59 Å². The number of hydrogen-bond donors (Lipinski definition) is 2. The van der Waals surface area contributed by atoms with Crippen molar-refractivity contribution in [3.8, 4) is 0 Å². The van der Waals surface area contributed by atoms with Crippen LogP contribution in [0.3, 0.4) is 0 Å². The molecule has 1 unspecified atom stereocenters. The van der Waals surface area contributed by atoms with E-state index in [0.717, 1.165) is 5.56 Å². The van der Waals surface area contributed by atoms with Gasteiger partial charge in [0.1, 0.15) is 0 Å². The average Bonchev–Trinajstić information content (AvgIpc) is 2.42. The van der Waals surface area contributed by atoms with Crippen molar-refractivity contribution in [1.29, 1.82) is 0 Å². The van der Waals surface area contributed by atoms with Crippen molar-refractivity contribution in [3.05, 3.63) is 34.9 Å². The molecular formula is C17H24ClNO3. The van der Waals surface area contributed by atoms with Gasteiger partial charge in [0.2, 0.25) is 5.91 Å². The molecule has 0 aliphatic carbocycles. The van der Waals surface area contributed by atoms with Crippen LogP contribution >= 0.6 is 11.6 Å². The molecule has 4 nitrogen and oxygen atoms in total. The first-order valence-electron chi connectivity index (χ1n) is 7.42. The standard InChI is InChI=1S/C17H24ClNO3/c1-11(2)9-12(15(20)21)10-19-16(22)17(3,4)13-7-5-6-8-14(13)18/h5-8,11-12H,9-10H2,1-4H3,(H,19,22)(H,20,21). The van der Waals surface area contributed by atoms with E-state index >= 15 is 0 Å². The fraction of sp³-hybridized carbons (Fsp3) is 0.529. The van der Waals surface area contributed by atoms with Crippen LogP contribution in [0, 0.1) is 11.8 Å². The lowest BCUT2D eigenvalue weighted by Gasteiger charge is -2.26. The Morgan fingerprint density at radius 2 is 1.86 bits per heavy atom. The minimum absolute atomic E-state index is 0.125. The van der Waals surface area contributed by atoms with Crippen molar-refractivity contribution in [3.63, 3.8) is 0 Å². The third-order valence-electron chi connectivity index (χ3n) is 3.73. The summed E-state index contributed by atoms with van der Waals surface area (Å²) >= 11 is 6.16. The lowest BCUT2D eigenvalue weighted by Crippen LogP contribution is -2.43. The van der Waals surface area contributed by atoms with Crippen molar-refractivity contribution in [1.82, 2.24) is 5.32 Å². The smallest absolute Gasteiger partial charge is 0.308 e. The molecule has 0 heterocycles. The summed E-state index contributed by atoms with van der Waals surface area (Å²) in [7, 11) is 0. The summed E-state index contributed by atoms with van der Waals surface area (Å²) in [6.07, 6.45) is 0.530. The summed E-state index contributed by atoms with van der Waals surface area (Å²) < 4.78 is 0. The third kappa shape index (κ3) is 4.73. The Hall–Kier alpha value is -1.55. The van der Waals surface area contributed by atoms with E-state index in [1.165, 1.54) is 0 Å². The van der Waals surface area contributed by atoms with E-state index in [2.05, 4.69) is 5.32 Å². The highest BCUT2D eigenvalue weighted by Crippen LogP contribution is 2.29. The number of rotatable bonds is 7. The fourth-order valence-electron chi connectivity index (χ4n) is 2.37. The Kier molecular flexibility index (Phi) is 6.42. The molecule has 1 rings (SSSR count). The van der Waals surface area contributed by atoms with Crippen LogP contribution in [-0.2, 0) is 15.0 Å². The van der Waals surface area contributed by atoms with E-state index < -0.39 is 17.3 Å². The second kappa shape index (κ2) is 7.63. The Morgan fingerprint density at radius 3 is 2.36 bits per heavy atom. The summed E-state index contributed by atoms with van der Waals surface area (Å²) in [6, 6.07) is 7.19. The molecule has 1 amide bonds. The second-order valence-corrected chi connectivity index (χ2v) is 6.89. The molecule has 0 aromatic heterocycles. The molecular weight excluding hydrogens is 302 g/mol. The first kappa shape index (κ1) is 18.5. The first-order valence-corrected chi connectivity index (χ1v) is 7.80. The van der Waals surface area contributed by atoms with Gasteiger partial charge in [-0.2, -0.15) is 0 Å². The van der Waals surface area contributed by atoms with Gasteiger partial charge in [0.05, 0.1) is 11.3 Å². The van der Waals surface area contributed by atoms with Crippen LogP contribution in [0.25, 0.3) is 0 Å². The molecule has 0 bridgehead atoms. The molecule has 5 heteroatoms. The molecule has 0 saturated carbocycles. The molecule has 1 aromatic rings. The van der Waals surface area contributed by atoms with Gasteiger partial charge in [-0.15, -0.1) is 0 Å². The lowest BCUT2D eigenvalue weighted by atomic mass is 9.83. The molecule has 1 aromatic carbocycles. The van der Waals surface area contributed by atoms with Crippen LogP contribution in [0.4, 0.5) is 0 Å². The van der Waals surface area contributed by atoms with Crippen molar-refractivity contribution >= 4 is 23.5 Å². The van der Waals surface area contributed by atoms with E-state index in [1.807, 2.05) is 32.0 Å². The molecule has 0 spiro atoms. The molecule has 122 valence electrons. The monoisotopic (exact) mass is 325 g/mol. The highest BCUT2D eigenvalue weighted by molar-refractivity contribution is 6.31. The van der Waals surface area contributed by atoms with Gasteiger partial charge in [0.25, 0.3) is 0 Å². The number of halogens is 1. The van der Waals surface area contributed by atoms with Gasteiger partial charge >= 0.3 is 5.97 Å². The van der Waals surface area contributed by atoms with E-state index in [-0.39, 0.29) is 18.4 Å². The highest BCUT2D eigenvalue weighted by atomic mass is 35.5. The van der Waals surface area contributed by atoms with Crippen LogP contribution < -0.4 is 5.32 Å². The predicted octanol–water partition coefficient (Wildman–Crippen LogP) is 3.48. The SMILES string of the molecule is CC(C)CC(CNC(=O)C(C)(C)c1ccccc1Cl)C(=O)O. The Labute approximate surface area is 136 Å². The third-order valence-corrected chi connectivity index (χ3v) is 4.06. The summed E-state index contributed by atoms with van der Waals surface area (Å²) in [5, 5.41) is 12.5. The fourth-order valence-corrected chi connectivity index (χ4v) is 2.74. The van der Waals surface area contributed by atoms with E-state index in [0.29, 0.717) is 11.4 Å². The van der Waals surface area contributed by atoms with Crippen LogP contribution in [0.1, 0.15) is 39.7 Å². The van der Waals surface area contributed by atoms with Gasteiger partial charge in [0.15, 0.2) is 0 Å². The van der Waals surface area contributed by atoms with Crippen LogP contribution in [0.5, 0.6) is 0 Å². The first-order chi connectivity index (χ1) is 10.2. The number of carbonyl (C=O) groups is 2. The number of carboxylic acid groups (broad SMARTS) is 1. The zero-order valence-corrected chi connectivity index (χ0v) is 14.3. The zero-order chi connectivity index (χ0) is 16.9. The number of hydrogen-bond acceptors (Lipinski definition) is 2.